The third kappa shape index (κ3) is 4.02. The van der Waals surface area contributed by atoms with Crippen LogP contribution in [0, 0.1) is 0 Å². The van der Waals surface area contributed by atoms with E-state index >= 15 is 0 Å². The van der Waals surface area contributed by atoms with Crippen LogP contribution >= 0.6 is 15.9 Å². The molecule has 0 spiro atoms. The number of carbonyl (C=O) groups excluding carboxylic acids is 1. The smallest absolute Gasteiger partial charge is 0.236 e. The molecule has 1 aromatic rings. The first-order chi connectivity index (χ1) is 7.63. The van der Waals surface area contributed by atoms with Crippen molar-refractivity contribution in [1.82, 2.24) is 5.43 Å². The second-order valence-corrected chi connectivity index (χ2v) is 3.90. The van der Waals surface area contributed by atoms with Crippen LogP contribution in [0.5, 0.6) is 5.75 Å². The molecule has 0 unspecified atom stereocenters. The Morgan fingerprint density at radius 2 is 2.38 bits per heavy atom. The lowest BCUT2D eigenvalue weighted by Gasteiger charge is -2.05. The van der Waals surface area contributed by atoms with Gasteiger partial charge >= 0.3 is 0 Å². The molecule has 1 aromatic carbocycles. The van der Waals surface area contributed by atoms with Crippen molar-refractivity contribution in [1.29, 1.82) is 0 Å². The van der Waals surface area contributed by atoms with E-state index in [1.54, 1.807) is 6.21 Å². The molecule has 0 bridgehead atoms. The predicted molar refractivity (Wildman–Crippen MR) is 66.7 cm³/mol. The Balaban J connectivity index is 2.73. The van der Waals surface area contributed by atoms with Gasteiger partial charge in [0.05, 0.1) is 17.3 Å². The minimum absolute atomic E-state index is 0.193. The van der Waals surface area contributed by atoms with Crippen molar-refractivity contribution in [3.05, 3.63) is 28.2 Å². The molecule has 0 saturated heterocycles. The average molecular weight is 285 g/mol. The summed E-state index contributed by atoms with van der Waals surface area (Å²) in [5.74, 6) is 0.598. The highest BCUT2D eigenvalue weighted by atomic mass is 79.9. The normalized spacial score (nSPS) is 10.4. The zero-order valence-electron chi connectivity index (χ0n) is 9.16. The molecule has 16 heavy (non-hydrogen) atoms. The summed E-state index contributed by atoms with van der Waals surface area (Å²) < 4.78 is 6.24. The van der Waals surface area contributed by atoms with Crippen molar-refractivity contribution in [2.45, 2.75) is 13.8 Å². The van der Waals surface area contributed by atoms with Gasteiger partial charge < -0.3 is 4.74 Å². The lowest BCUT2D eigenvalue weighted by atomic mass is 10.2. The quantitative estimate of drug-likeness (QED) is 0.681. The van der Waals surface area contributed by atoms with Crippen LogP contribution in [0.2, 0.25) is 0 Å². The van der Waals surface area contributed by atoms with E-state index in [2.05, 4.69) is 26.5 Å². The number of carbonyl (C=O) groups is 1. The Labute approximate surface area is 103 Å². The fourth-order valence-electron chi connectivity index (χ4n) is 1.07. The first kappa shape index (κ1) is 12.7. The third-order valence-corrected chi connectivity index (χ3v) is 2.31. The summed E-state index contributed by atoms with van der Waals surface area (Å²) in [6.45, 7) is 3.96. The van der Waals surface area contributed by atoms with Gasteiger partial charge in [-0.3, -0.25) is 4.79 Å². The summed E-state index contributed by atoms with van der Waals surface area (Å²) in [6.07, 6.45) is 1.57. The topological polar surface area (TPSA) is 50.7 Å². The number of hydrogen-bond donors (Lipinski definition) is 1. The van der Waals surface area contributed by atoms with Crippen LogP contribution in [0.25, 0.3) is 0 Å². The number of nitrogens with one attached hydrogen (secondary N) is 1. The van der Waals surface area contributed by atoms with E-state index in [0.717, 1.165) is 15.8 Å². The van der Waals surface area contributed by atoms with Crippen LogP contribution in [-0.4, -0.2) is 18.7 Å². The number of rotatable bonds is 4. The summed E-state index contributed by atoms with van der Waals surface area (Å²) in [7, 11) is 0. The van der Waals surface area contributed by atoms with Gasteiger partial charge in [0, 0.05) is 6.92 Å². The number of amides is 1. The summed E-state index contributed by atoms with van der Waals surface area (Å²) in [6, 6.07) is 5.58. The molecule has 0 fully saturated rings. The molecule has 0 aromatic heterocycles. The largest absolute Gasteiger partial charge is 0.493 e. The van der Waals surface area contributed by atoms with Gasteiger partial charge in [0.1, 0.15) is 5.75 Å². The maximum absolute atomic E-state index is 10.6. The maximum atomic E-state index is 10.6. The Bertz CT molecular complexity index is 405. The van der Waals surface area contributed by atoms with Crippen LogP contribution in [0.15, 0.2) is 27.8 Å². The number of ether oxygens (including phenoxy) is 1. The maximum Gasteiger partial charge on any atom is 0.236 e. The van der Waals surface area contributed by atoms with Crippen LogP contribution in [-0.2, 0) is 4.79 Å². The number of nitrogens with zero attached hydrogens (tertiary/aromatic N) is 1. The van der Waals surface area contributed by atoms with Crippen LogP contribution in [0.4, 0.5) is 0 Å². The molecule has 0 atom stereocenters. The lowest BCUT2D eigenvalue weighted by Crippen LogP contribution is -2.12. The van der Waals surface area contributed by atoms with Crippen LogP contribution in [0.1, 0.15) is 19.4 Å². The van der Waals surface area contributed by atoms with E-state index in [-0.39, 0.29) is 5.91 Å². The minimum Gasteiger partial charge on any atom is -0.493 e. The zero-order valence-corrected chi connectivity index (χ0v) is 10.7. The summed E-state index contributed by atoms with van der Waals surface area (Å²) in [5, 5.41) is 3.77. The Morgan fingerprint density at radius 1 is 1.62 bits per heavy atom. The molecule has 0 radical (unpaired) electrons. The van der Waals surface area contributed by atoms with E-state index in [4.69, 9.17) is 4.74 Å². The van der Waals surface area contributed by atoms with Gasteiger partial charge in [0.25, 0.3) is 0 Å². The average Bonchev–Trinajstić information content (AvgIpc) is 2.21. The monoisotopic (exact) mass is 284 g/mol. The zero-order chi connectivity index (χ0) is 12.0. The molecular formula is C11H13BrN2O2. The Morgan fingerprint density at radius 3 is 2.94 bits per heavy atom. The molecule has 5 heteroatoms. The van der Waals surface area contributed by atoms with Gasteiger partial charge in [0.2, 0.25) is 5.91 Å². The molecule has 0 aliphatic heterocycles. The fourth-order valence-corrected chi connectivity index (χ4v) is 1.58. The van der Waals surface area contributed by atoms with E-state index in [0.29, 0.717) is 6.61 Å². The molecular weight excluding hydrogens is 272 g/mol. The highest BCUT2D eigenvalue weighted by Crippen LogP contribution is 2.25. The second kappa shape index (κ2) is 6.27. The Kier molecular flexibility index (Phi) is 4.98. The van der Waals surface area contributed by atoms with Crippen molar-refractivity contribution >= 4 is 28.1 Å². The van der Waals surface area contributed by atoms with Gasteiger partial charge in [-0.1, -0.05) is 0 Å². The van der Waals surface area contributed by atoms with E-state index < -0.39 is 0 Å². The number of hydrazone groups is 1. The first-order valence-electron chi connectivity index (χ1n) is 4.85. The van der Waals surface area contributed by atoms with Gasteiger partial charge in [-0.25, -0.2) is 5.43 Å². The number of benzene rings is 1. The Hall–Kier alpha value is -1.36. The SMILES string of the molecule is CCOc1ccc(/C=N\NC(C)=O)cc1Br. The van der Waals surface area contributed by atoms with Crippen molar-refractivity contribution in [2.75, 3.05) is 6.61 Å². The molecule has 0 aliphatic carbocycles. The van der Waals surface area contributed by atoms with Gasteiger partial charge in [-0.05, 0) is 46.6 Å². The summed E-state index contributed by atoms with van der Waals surface area (Å²) in [5.41, 5.74) is 3.22. The third-order valence-electron chi connectivity index (χ3n) is 1.69. The standard InChI is InChI=1S/C11H13BrN2O2/c1-3-16-11-5-4-9(6-10(11)12)7-13-14-8(2)15/h4-7H,3H2,1-2H3,(H,14,15)/b13-7-. The van der Waals surface area contributed by atoms with Crippen LogP contribution < -0.4 is 10.2 Å². The first-order valence-corrected chi connectivity index (χ1v) is 5.64. The molecule has 1 rings (SSSR count). The molecule has 86 valence electrons. The van der Waals surface area contributed by atoms with Gasteiger partial charge in [0.15, 0.2) is 0 Å². The van der Waals surface area contributed by atoms with Crippen molar-refractivity contribution in [3.8, 4) is 5.75 Å². The molecule has 0 saturated carbocycles. The molecule has 1 N–H and O–H groups in total. The van der Waals surface area contributed by atoms with E-state index in [9.17, 15) is 4.79 Å². The fraction of sp³-hybridized carbons (Fsp3) is 0.273. The highest BCUT2D eigenvalue weighted by molar-refractivity contribution is 9.10. The second-order valence-electron chi connectivity index (χ2n) is 3.05. The van der Waals surface area contributed by atoms with E-state index in [1.807, 2.05) is 25.1 Å². The van der Waals surface area contributed by atoms with E-state index in [1.165, 1.54) is 6.92 Å². The summed E-state index contributed by atoms with van der Waals surface area (Å²) in [4.78, 5) is 10.6. The molecule has 0 heterocycles. The van der Waals surface area contributed by atoms with Crippen molar-refractivity contribution in [2.24, 2.45) is 5.10 Å². The number of hydrogen-bond acceptors (Lipinski definition) is 3. The molecule has 4 nitrogen and oxygen atoms in total. The molecule has 0 aliphatic rings. The number of halogens is 1. The van der Waals surface area contributed by atoms with Crippen molar-refractivity contribution in [3.63, 3.8) is 0 Å². The highest BCUT2D eigenvalue weighted by Gasteiger charge is 2.00. The lowest BCUT2D eigenvalue weighted by molar-refractivity contribution is -0.118. The minimum atomic E-state index is -0.193. The van der Waals surface area contributed by atoms with Crippen LogP contribution in [0.3, 0.4) is 0 Å². The summed E-state index contributed by atoms with van der Waals surface area (Å²) >= 11 is 3.39. The molecule has 1 amide bonds. The predicted octanol–water partition coefficient (Wildman–Crippen LogP) is 2.32. The van der Waals surface area contributed by atoms with Gasteiger partial charge in [-0.15, -0.1) is 0 Å². The van der Waals surface area contributed by atoms with Crippen molar-refractivity contribution < 1.29 is 9.53 Å². The van der Waals surface area contributed by atoms with Gasteiger partial charge in [-0.2, -0.15) is 5.10 Å².